The fraction of sp³-hybridized carbons (Fsp3) is 0.917. The lowest BCUT2D eigenvalue weighted by molar-refractivity contribution is -0.176. The van der Waals surface area contributed by atoms with Crippen molar-refractivity contribution in [2.45, 2.75) is 44.1 Å². The smallest absolute Gasteiger partial charge is 0.312 e. The van der Waals surface area contributed by atoms with Gasteiger partial charge in [-0.15, -0.1) is 0 Å². The third-order valence-electron chi connectivity index (χ3n) is 4.57. The summed E-state index contributed by atoms with van der Waals surface area (Å²) in [4.78, 5) is 13.7. The number of likely N-dealkylation sites (tertiary alicyclic amines) is 1. The third-order valence-corrected chi connectivity index (χ3v) is 4.57. The SMILES string of the molecule is CN1CCC(O)(C2(C(=O)O)CCCC2)CC1. The molecule has 2 fully saturated rings. The second-order valence-electron chi connectivity index (χ2n) is 5.43. The van der Waals surface area contributed by atoms with E-state index in [0.717, 1.165) is 25.9 Å². The summed E-state index contributed by atoms with van der Waals surface area (Å²) in [6, 6.07) is 0. The summed E-state index contributed by atoms with van der Waals surface area (Å²) < 4.78 is 0. The van der Waals surface area contributed by atoms with E-state index in [1.807, 2.05) is 7.05 Å². The Hall–Kier alpha value is -0.610. The number of nitrogens with zero attached hydrogens (tertiary/aromatic N) is 1. The maximum atomic E-state index is 11.5. The van der Waals surface area contributed by atoms with Crippen molar-refractivity contribution in [1.29, 1.82) is 0 Å². The van der Waals surface area contributed by atoms with Crippen LogP contribution in [0.25, 0.3) is 0 Å². The first-order valence-corrected chi connectivity index (χ1v) is 6.15. The maximum absolute atomic E-state index is 11.5. The minimum Gasteiger partial charge on any atom is -0.481 e. The molecule has 0 bridgehead atoms. The predicted octanol–water partition coefficient (Wildman–Crippen LogP) is 1.09. The van der Waals surface area contributed by atoms with Gasteiger partial charge in [0.25, 0.3) is 0 Å². The molecule has 2 N–H and O–H groups in total. The van der Waals surface area contributed by atoms with Crippen molar-refractivity contribution < 1.29 is 15.0 Å². The number of carboxylic acid groups (broad SMARTS) is 1. The van der Waals surface area contributed by atoms with Gasteiger partial charge in [0.2, 0.25) is 0 Å². The largest absolute Gasteiger partial charge is 0.481 e. The molecule has 2 aliphatic rings. The minimum atomic E-state index is -0.984. The van der Waals surface area contributed by atoms with E-state index in [1.54, 1.807) is 0 Å². The Morgan fingerprint density at radius 1 is 1.12 bits per heavy atom. The molecule has 1 aliphatic heterocycles. The summed E-state index contributed by atoms with van der Waals surface area (Å²) in [5.41, 5.74) is -1.85. The molecule has 92 valence electrons. The van der Waals surface area contributed by atoms with Gasteiger partial charge in [-0.25, -0.2) is 0 Å². The highest BCUT2D eigenvalue weighted by Gasteiger charge is 2.57. The second-order valence-corrected chi connectivity index (χ2v) is 5.43. The number of aliphatic hydroxyl groups is 1. The Bertz CT molecular complexity index is 276. The molecule has 16 heavy (non-hydrogen) atoms. The van der Waals surface area contributed by atoms with Crippen molar-refractivity contribution in [2.24, 2.45) is 5.41 Å². The Labute approximate surface area is 96.3 Å². The van der Waals surface area contributed by atoms with Crippen LogP contribution in [0.1, 0.15) is 38.5 Å². The van der Waals surface area contributed by atoms with Crippen LogP contribution >= 0.6 is 0 Å². The van der Waals surface area contributed by atoms with Crippen LogP contribution in [-0.4, -0.2) is 46.8 Å². The highest BCUT2D eigenvalue weighted by Crippen LogP contribution is 2.50. The van der Waals surface area contributed by atoms with Gasteiger partial charge in [-0.3, -0.25) is 4.79 Å². The molecule has 1 saturated carbocycles. The Morgan fingerprint density at radius 2 is 1.62 bits per heavy atom. The Morgan fingerprint density at radius 3 is 2.06 bits per heavy atom. The van der Waals surface area contributed by atoms with Crippen LogP contribution in [-0.2, 0) is 4.79 Å². The Balaban J connectivity index is 2.22. The zero-order valence-electron chi connectivity index (χ0n) is 9.91. The van der Waals surface area contributed by atoms with Crippen LogP contribution in [0.4, 0.5) is 0 Å². The molecule has 1 heterocycles. The monoisotopic (exact) mass is 227 g/mol. The zero-order valence-corrected chi connectivity index (χ0v) is 9.91. The lowest BCUT2D eigenvalue weighted by Gasteiger charge is -2.46. The van der Waals surface area contributed by atoms with Gasteiger partial charge < -0.3 is 15.1 Å². The van der Waals surface area contributed by atoms with Gasteiger partial charge in [0.15, 0.2) is 0 Å². The molecule has 4 nitrogen and oxygen atoms in total. The van der Waals surface area contributed by atoms with Gasteiger partial charge in [0, 0.05) is 13.1 Å². The molecule has 0 spiro atoms. The van der Waals surface area contributed by atoms with Gasteiger partial charge in [0.1, 0.15) is 0 Å². The predicted molar refractivity (Wildman–Crippen MR) is 60.2 cm³/mol. The normalized spacial score (nSPS) is 29.1. The molecular weight excluding hydrogens is 206 g/mol. The molecular formula is C12H21NO3. The van der Waals surface area contributed by atoms with E-state index >= 15 is 0 Å². The summed E-state index contributed by atoms with van der Waals surface area (Å²) >= 11 is 0. The molecule has 0 aromatic heterocycles. The van der Waals surface area contributed by atoms with E-state index < -0.39 is 17.0 Å². The Kier molecular flexibility index (Phi) is 2.97. The summed E-state index contributed by atoms with van der Waals surface area (Å²) in [6.07, 6.45) is 4.34. The van der Waals surface area contributed by atoms with Crippen LogP contribution in [0.3, 0.4) is 0 Å². The van der Waals surface area contributed by atoms with E-state index in [9.17, 15) is 15.0 Å². The summed E-state index contributed by atoms with van der Waals surface area (Å²) in [6.45, 7) is 1.59. The molecule has 0 unspecified atom stereocenters. The number of hydrogen-bond acceptors (Lipinski definition) is 3. The van der Waals surface area contributed by atoms with E-state index in [-0.39, 0.29) is 0 Å². The van der Waals surface area contributed by atoms with E-state index in [2.05, 4.69) is 4.90 Å². The number of rotatable bonds is 2. The molecule has 0 aromatic carbocycles. The van der Waals surface area contributed by atoms with E-state index in [4.69, 9.17) is 0 Å². The first-order valence-electron chi connectivity index (χ1n) is 6.15. The van der Waals surface area contributed by atoms with Gasteiger partial charge in [0.05, 0.1) is 11.0 Å². The lowest BCUT2D eigenvalue weighted by Crippen LogP contribution is -2.56. The van der Waals surface area contributed by atoms with E-state index in [1.165, 1.54) is 0 Å². The molecule has 0 radical (unpaired) electrons. The number of piperidine rings is 1. The standard InChI is InChI=1S/C12H21NO3/c1-13-8-6-12(16,7-9-13)11(10(14)15)4-2-3-5-11/h16H,2-9H2,1H3,(H,14,15). The second kappa shape index (κ2) is 4.00. The van der Waals surface area contributed by atoms with Crippen LogP contribution in [0, 0.1) is 5.41 Å². The molecule has 2 rings (SSSR count). The summed E-state index contributed by atoms with van der Waals surface area (Å²) in [7, 11) is 2.02. The number of aliphatic carboxylic acids is 1. The molecule has 1 aliphatic carbocycles. The number of hydrogen-bond donors (Lipinski definition) is 2. The van der Waals surface area contributed by atoms with Crippen molar-refractivity contribution in [3.8, 4) is 0 Å². The van der Waals surface area contributed by atoms with Gasteiger partial charge in [-0.2, -0.15) is 0 Å². The first kappa shape index (κ1) is 11.9. The third kappa shape index (κ3) is 1.64. The molecule has 0 atom stereocenters. The number of carboxylic acids is 1. The quantitative estimate of drug-likeness (QED) is 0.741. The van der Waals surface area contributed by atoms with Crippen LogP contribution in [0.5, 0.6) is 0 Å². The minimum absolute atomic E-state index is 0.593. The van der Waals surface area contributed by atoms with Crippen LogP contribution < -0.4 is 0 Å². The fourth-order valence-corrected chi connectivity index (χ4v) is 3.32. The average Bonchev–Trinajstić information content (AvgIpc) is 2.73. The highest BCUT2D eigenvalue weighted by atomic mass is 16.4. The number of carbonyl (C=O) groups is 1. The van der Waals surface area contributed by atoms with Crippen molar-refractivity contribution >= 4 is 5.97 Å². The summed E-state index contributed by atoms with van der Waals surface area (Å²) in [5.74, 6) is -0.794. The highest BCUT2D eigenvalue weighted by molar-refractivity contribution is 5.76. The van der Waals surface area contributed by atoms with Crippen LogP contribution in [0.15, 0.2) is 0 Å². The fourth-order valence-electron chi connectivity index (χ4n) is 3.32. The molecule has 1 saturated heterocycles. The molecule has 0 aromatic rings. The van der Waals surface area contributed by atoms with Gasteiger partial charge in [-0.1, -0.05) is 12.8 Å². The zero-order chi connectivity index (χ0) is 11.8. The first-order chi connectivity index (χ1) is 7.50. The average molecular weight is 227 g/mol. The van der Waals surface area contributed by atoms with Gasteiger partial charge in [-0.05, 0) is 32.7 Å². The molecule has 4 heteroatoms. The van der Waals surface area contributed by atoms with Crippen molar-refractivity contribution in [2.75, 3.05) is 20.1 Å². The van der Waals surface area contributed by atoms with Crippen molar-refractivity contribution in [3.63, 3.8) is 0 Å². The lowest BCUT2D eigenvalue weighted by atomic mass is 9.66. The van der Waals surface area contributed by atoms with Gasteiger partial charge >= 0.3 is 5.97 Å². The van der Waals surface area contributed by atoms with E-state index in [0.29, 0.717) is 25.7 Å². The molecule has 0 amide bonds. The van der Waals surface area contributed by atoms with Crippen LogP contribution in [0.2, 0.25) is 0 Å². The van der Waals surface area contributed by atoms with Crippen molar-refractivity contribution in [1.82, 2.24) is 4.90 Å². The van der Waals surface area contributed by atoms with Crippen molar-refractivity contribution in [3.05, 3.63) is 0 Å². The summed E-state index contributed by atoms with van der Waals surface area (Å²) in [5, 5.41) is 20.2. The maximum Gasteiger partial charge on any atom is 0.312 e. The topological polar surface area (TPSA) is 60.8 Å².